The minimum absolute atomic E-state index is 0. The van der Waals surface area contributed by atoms with Crippen LogP contribution in [-0.2, 0) is 17.6 Å². The van der Waals surface area contributed by atoms with E-state index in [1.165, 1.54) is 5.56 Å². The molecular formula is C22H24N6OS. The molecule has 3 aromatic rings. The lowest BCUT2D eigenvalue weighted by molar-refractivity contribution is -0.118. The zero-order chi connectivity index (χ0) is 19.8. The van der Waals surface area contributed by atoms with Gasteiger partial charge in [0.1, 0.15) is 17.6 Å². The van der Waals surface area contributed by atoms with Gasteiger partial charge in [0.25, 0.3) is 0 Å². The van der Waals surface area contributed by atoms with Gasteiger partial charge in [-0.1, -0.05) is 6.07 Å². The summed E-state index contributed by atoms with van der Waals surface area (Å²) >= 11 is 0. The Morgan fingerprint density at radius 3 is 2.67 bits per heavy atom. The summed E-state index contributed by atoms with van der Waals surface area (Å²) in [5.74, 6) is 1.59. The summed E-state index contributed by atoms with van der Waals surface area (Å²) in [6.45, 7) is 0.693. The Balaban J connectivity index is 0.00000218. The quantitative estimate of drug-likeness (QED) is 0.646. The summed E-state index contributed by atoms with van der Waals surface area (Å²) in [6.07, 6.45) is 8.91. The predicted molar refractivity (Wildman–Crippen MR) is 121 cm³/mol. The van der Waals surface area contributed by atoms with Crippen LogP contribution in [0.25, 0.3) is 11.5 Å². The molecule has 154 valence electrons. The second kappa shape index (κ2) is 8.39. The largest absolute Gasteiger partial charge is 0.347 e. The lowest BCUT2D eigenvalue weighted by atomic mass is 10.1. The van der Waals surface area contributed by atoms with Crippen molar-refractivity contribution in [2.24, 2.45) is 0 Å². The maximum atomic E-state index is 13.2. The molecule has 30 heavy (non-hydrogen) atoms. The standard InChI is InChI=1S/C22H22N6O.H2S/c1-27(19-10-14-28(22(19)29)15-8-12-23-13-9-15)21-16-5-4-7-17(16)25-20(26-21)18-6-2-3-11-24-18;/h2-3,6,8-9,11-13,19H,4-5,7,10,14H2,1H3;1H2/t19-;/m0./s1. The third-order valence-electron chi connectivity index (χ3n) is 5.76. The molecule has 7 nitrogen and oxygen atoms in total. The number of likely N-dealkylation sites (N-methyl/N-ethyl adjacent to an activating group) is 1. The normalized spacial score (nSPS) is 17.6. The van der Waals surface area contributed by atoms with E-state index in [1.807, 2.05) is 47.2 Å². The molecule has 0 aromatic carbocycles. The Labute approximate surface area is 182 Å². The van der Waals surface area contributed by atoms with Gasteiger partial charge in [-0.3, -0.25) is 14.8 Å². The number of aromatic nitrogens is 4. The lowest BCUT2D eigenvalue weighted by Gasteiger charge is -2.27. The van der Waals surface area contributed by atoms with Crippen molar-refractivity contribution in [3.05, 3.63) is 60.2 Å². The molecule has 0 radical (unpaired) electrons. The number of amides is 1. The van der Waals surface area contributed by atoms with Gasteiger partial charge in [-0.2, -0.15) is 13.5 Å². The molecule has 0 bridgehead atoms. The van der Waals surface area contributed by atoms with E-state index in [2.05, 4.69) is 9.97 Å². The summed E-state index contributed by atoms with van der Waals surface area (Å²) in [7, 11) is 1.97. The van der Waals surface area contributed by atoms with E-state index in [0.29, 0.717) is 12.4 Å². The van der Waals surface area contributed by atoms with Crippen molar-refractivity contribution in [2.45, 2.75) is 31.7 Å². The number of carbonyl (C=O) groups is 1. The van der Waals surface area contributed by atoms with Gasteiger partial charge >= 0.3 is 0 Å². The second-order valence-electron chi connectivity index (χ2n) is 7.48. The highest BCUT2D eigenvalue weighted by atomic mass is 32.1. The van der Waals surface area contributed by atoms with Gasteiger partial charge in [0.2, 0.25) is 5.91 Å². The first-order valence-corrected chi connectivity index (χ1v) is 9.98. The molecule has 1 fully saturated rings. The van der Waals surface area contributed by atoms with Crippen molar-refractivity contribution in [1.82, 2.24) is 19.9 Å². The highest BCUT2D eigenvalue weighted by molar-refractivity contribution is 7.59. The van der Waals surface area contributed by atoms with Crippen molar-refractivity contribution in [3.8, 4) is 11.5 Å². The van der Waals surface area contributed by atoms with Gasteiger partial charge in [0, 0.05) is 49.1 Å². The van der Waals surface area contributed by atoms with Gasteiger partial charge in [-0.15, -0.1) is 0 Å². The molecule has 0 unspecified atom stereocenters. The molecule has 2 aliphatic rings. The Morgan fingerprint density at radius 1 is 1.07 bits per heavy atom. The first kappa shape index (κ1) is 20.3. The molecule has 0 spiro atoms. The van der Waals surface area contributed by atoms with Crippen molar-refractivity contribution in [3.63, 3.8) is 0 Å². The fourth-order valence-electron chi connectivity index (χ4n) is 4.27. The number of anilines is 2. The number of hydrogen-bond donors (Lipinski definition) is 0. The molecule has 3 aromatic heterocycles. The molecule has 0 saturated carbocycles. The Hall–Kier alpha value is -3.00. The minimum Gasteiger partial charge on any atom is -0.347 e. The van der Waals surface area contributed by atoms with Crippen LogP contribution in [0.4, 0.5) is 11.5 Å². The van der Waals surface area contributed by atoms with Crippen LogP contribution in [0.3, 0.4) is 0 Å². The molecule has 5 rings (SSSR count). The number of carbonyl (C=O) groups excluding carboxylic acids is 1. The molecule has 4 heterocycles. The summed E-state index contributed by atoms with van der Waals surface area (Å²) in [4.78, 5) is 35.2. The molecule has 0 N–H and O–H groups in total. The summed E-state index contributed by atoms with van der Waals surface area (Å²) < 4.78 is 0. The second-order valence-corrected chi connectivity index (χ2v) is 7.48. The van der Waals surface area contributed by atoms with Gasteiger partial charge in [-0.25, -0.2) is 9.97 Å². The molecule has 8 heteroatoms. The molecule has 1 amide bonds. The summed E-state index contributed by atoms with van der Waals surface area (Å²) in [5, 5.41) is 0. The van der Waals surface area contributed by atoms with Crippen molar-refractivity contribution < 1.29 is 4.79 Å². The van der Waals surface area contributed by atoms with Crippen LogP contribution >= 0.6 is 13.5 Å². The van der Waals surface area contributed by atoms with Gasteiger partial charge in [0.15, 0.2) is 5.82 Å². The van der Waals surface area contributed by atoms with Crippen LogP contribution < -0.4 is 9.80 Å². The van der Waals surface area contributed by atoms with Gasteiger partial charge in [-0.05, 0) is 49.9 Å². The maximum Gasteiger partial charge on any atom is 0.249 e. The number of fused-ring (bicyclic) bond motifs is 1. The van der Waals surface area contributed by atoms with Gasteiger partial charge < -0.3 is 9.80 Å². The highest BCUT2D eigenvalue weighted by Crippen LogP contribution is 2.33. The topological polar surface area (TPSA) is 75.1 Å². The molecule has 1 saturated heterocycles. The first-order chi connectivity index (χ1) is 14.2. The zero-order valence-electron chi connectivity index (χ0n) is 16.8. The van der Waals surface area contributed by atoms with Crippen molar-refractivity contribution >= 4 is 30.9 Å². The fourth-order valence-corrected chi connectivity index (χ4v) is 4.27. The van der Waals surface area contributed by atoms with Crippen molar-refractivity contribution in [2.75, 3.05) is 23.4 Å². The van der Waals surface area contributed by atoms with Crippen LogP contribution in [-0.4, -0.2) is 45.5 Å². The monoisotopic (exact) mass is 420 g/mol. The Kier molecular flexibility index (Phi) is 5.67. The SMILES string of the molecule is CN(c1nc(-c2ccccn2)nc2c1CCC2)[C@H]1CCN(c2ccncc2)C1=O.S. The zero-order valence-corrected chi connectivity index (χ0v) is 17.8. The third kappa shape index (κ3) is 3.52. The van der Waals surface area contributed by atoms with Crippen molar-refractivity contribution in [1.29, 1.82) is 0 Å². The first-order valence-electron chi connectivity index (χ1n) is 9.98. The van der Waals surface area contributed by atoms with E-state index in [9.17, 15) is 4.79 Å². The summed E-state index contributed by atoms with van der Waals surface area (Å²) in [5.41, 5.74) is 3.90. The smallest absolute Gasteiger partial charge is 0.249 e. The Bertz CT molecular complexity index is 1050. The molecule has 1 aliphatic heterocycles. The van der Waals surface area contributed by atoms with Crippen LogP contribution in [0.15, 0.2) is 48.9 Å². The van der Waals surface area contributed by atoms with Gasteiger partial charge in [0.05, 0.1) is 0 Å². The van der Waals surface area contributed by atoms with E-state index in [-0.39, 0.29) is 25.4 Å². The summed E-state index contributed by atoms with van der Waals surface area (Å²) in [6, 6.07) is 9.26. The average molecular weight is 421 g/mol. The number of nitrogens with zero attached hydrogens (tertiary/aromatic N) is 6. The number of hydrogen-bond acceptors (Lipinski definition) is 6. The van der Waals surface area contributed by atoms with E-state index in [1.54, 1.807) is 18.6 Å². The molecule has 1 aliphatic carbocycles. The van der Waals surface area contributed by atoms with Crippen LogP contribution in [0.2, 0.25) is 0 Å². The predicted octanol–water partition coefficient (Wildman–Crippen LogP) is 2.78. The highest BCUT2D eigenvalue weighted by Gasteiger charge is 2.37. The van der Waals surface area contributed by atoms with E-state index in [4.69, 9.17) is 9.97 Å². The number of pyridine rings is 2. The Morgan fingerprint density at radius 2 is 1.90 bits per heavy atom. The average Bonchev–Trinajstić information content (AvgIpc) is 3.40. The van der Waals surface area contributed by atoms with Crippen LogP contribution in [0.1, 0.15) is 24.1 Å². The molecule has 1 atom stereocenters. The molecular weight excluding hydrogens is 396 g/mol. The number of aryl methyl sites for hydroxylation is 1. The minimum atomic E-state index is -0.237. The maximum absolute atomic E-state index is 13.2. The lowest BCUT2D eigenvalue weighted by Crippen LogP contribution is -2.40. The van der Waals surface area contributed by atoms with E-state index >= 15 is 0 Å². The van der Waals surface area contributed by atoms with Crippen LogP contribution in [0.5, 0.6) is 0 Å². The third-order valence-corrected chi connectivity index (χ3v) is 5.76. The van der Waals surface area contributed by atoms with Crippen LogP contribution in [0, 0.1) is 0 Å². The number of rotatable bonds is 4. The van der Waals surface area contributed by atoms with E-state index < -0.39 is 0 Å². The fraction of sp³-hybridized carbons (Fsp3) is 0.318. The van der Waals surface area contributed by atoms with E-state index in [0.717, 1.165) is 48.6 Å².